The molecule has 0 aromatic rings. The number of hydrogen-bond acceptors (Lipinski definition) is 3. The van der Waals surface area contributed by atoms with Crippen LogP contribution in [0.15, 0.2) is 0 Å². The van der Waals surface area contributed by atoms with E-state index in [-0.39, 0.29) is 12.1 Å². The van der Waals surface area contributed by atoms with Crippen molar-refractivity contribution in [2.24, 2.45) is 0 Å². The molecule has 3 atom stereocenters. The Morgan fingerprint density at radius 2 is 1.92 bits per heavy atom. The number of nitrogens with one attached hydrogen (secondary N) is 1. The van der Waals surface area contributed by atoms with E-state index in [1.54, 1.807) is 14.0 Å². The van der Waals surface area contributed by atoms with E-state index in [4.69, 9.17) is 4.74 Å². The molecular formula is C9H21NO2. The molecule has 0 amide bonds. The number of hydrogen-bond donors (Lipinski definition) is 2. The lowest BCUT2D eigenvalue weighted by atomic mass is 10.1. The van der Waals surface area contributed by atoms with Gasteiger partial charge < -0.3 is 15.2 Å². The van der Waals surface area contributed by atoms with Crippen LogP contribution >= 0.6 is 0 Å². The fraction of sp³-hybridized carbons (Fsp3) is 1.00. The minimum absolute atomic E-state index is 0.150. The van der Waals surface area contributed by atoms with Crippen molar-refractivity contribution in [1.29, 1.82) is 0 Å². The van der Waals surface area contributed by atoms with Crippen molar-refractivity contribution in [3.8, 4) is 0 Å². The van der Waals surface area contributed by atoms with Gasteiger partial charge in [-0.05, 0) is 27.2 Å². The molecule has 0 bridgehead atoms. The van der Waals surface area contributed by atoms with Crippen molar-refractivity contribution in [3.05, 3.63) is 0 Å². The highest BCUT2D eigenvalue weighted by Crippen LogP contribution is 1.96. The van der Waals surface area contributed by atoms with Gasteiger partial charge in [-0.2, -0.15) is 0 Å². The molecule has 0 spiro atoms. The summed E-state index contributed by atoms with van der Waals surface area (Å²) < 4.78 is 4.95. The minimum Gasteiger partial charge on any atom is -0.392 e. The molecule has 0 aliphatic rings. The molecule has 3 heteroatoms. The Kier molecular flexibility index (Phi) is 6.34. The molecule has 0 radical (unpaired) electrons. The topological polar surface area (TPSA) is 41.5 Å². The molecule has 0 aromatic heterocycles. The molecule has 3 nitrogen and oxygen atoms in total. The minimum atomic E-state index is -0.296. The SMILES string of the molecule is COCCC(C)NC(C)C(C)O. The molecule has 0 aliphatic carbocycles. The lowest BCUT2D eigenvalue weighted by Gasteiger charge is -2.21. The molecule has 74 valence electrons. The van der Waals surface area contributed by atoms with E-state index in [2.05, 4.69) is 12.2 Å². The third-order valence-corrected chi connectivity index (χ3v) is 2.03. The molecule has 0 saturated heterocycles. The van der Waals surface area contributed by atoms with Gasteiger partial charge >= 0.3 is 0 Å². The van der Waals surface area contributed by atoms with Gasteiger partial charge in [-0.15, -0.1) is 0 Å². The van der Waals surface area contributed by atoms with Crippen LogP contribution in [0.3, 0.4) is 0 Å². The Balaban J connectivity index is 3.47. The van der Waals surface area contributed by atoms with Crippen molar-refractivity contribution in [1.82, 2.24) is 5.32 Å². The second-order valence-corrected chi connectivity index (χ2v) is 3.38. The Labute approximate surface area is 75.1 Å². The largest absolute Gasteiger partial charge is 0.392 e. The first-order valence-corrected chi connectivity index (χ1v) is 4.51. The van der Waals surface area contributed by atoms with Crippen molar-refractivity contribution < 1.29 is 9.84 Å². The molecule has 2 N–H and O–H groups in total. The third-order valence-electron chi connectivity index (χ3n) is 2.03. The van der Waals surface area contributed by atoms with Crippen LogP contribution in [0.2, 0.25) is 0 Å². The average Bonchev–Trinajstić information content (AvgIpc) is 2.00. The van der Waals surface area contributed by atoms with Crippen molar-refractivity contribution in [2.45, 2.75) is 45.4 Å². The van der Waals surface area contributed by atoms with E-state index in [9.17, 15) is 5.11 Å². The van der Waals surface area contributed by atoms with Gasteiger partial charge in [0.05, 0.1) is 6.10 Å². The van der Waals surface area contributed by atoms with E-state index in [1.165, 1.54) is 0 Å². The highest BCUT2D eigenvalue weighted by atomic mass is 16.5. The smallest absolute Gasteiger partial charge is 0.0662 e. The molecule has 0 saturated carbocycles. The number of aliphatic hydroxyl groups is 1. The first-order valence-electron chi connectivity index (χ1n) is 4.51. The van der Waals surface area contributed by atoms with Crippen LogP contribution in [-0.4, -0.2) is 37.0 Å². The van der Waals surface area contributed by atoms with Gasteiger partial charge in [0.25, 0.3) is 0 Å². The summed E-state index contributed by atoms with van der Waals surface area (Å²) in [5.41, 5.74) is 0. The molecule has 0 aromatic carbocycles. The normalized spacial score (nSPS) is 18.8. The second-order valence-electron chi connectivity index (χ2n) is 3.38. The van der Waals surface area contributed by atoms with E-state index in [1.807, 2.05) is 6.92 Å². The van der Waals surface area contributed by atoms with Gasteiger partial charge in [0.2, 0.25) is 0 Å². The Morgan fingerprint density at radius 1 is 1.33 bits per heavy atom. The molecule has 12 heavy (non-hydrogen) atoms. The first kappa shape index (κ1) is 11.9. The molecule has 0 heterocycles. The van der Waals surface area contributed by atoms with Gasteiger partial charge in [0.1, 0.15) is 0 Å². The third kappa shape index (κ3) is 5.52. The maximum absolute atomic E-state index is 9.20. The van der Waals surface area contributed by atoms with E-state index in [0.29, 0.717) is 6.04 Å². The summed E-state index contributed by atoms with van der Waals surface area (Å²) in [5.74, 6) is 0. The van der Waals surface area contributed by atoms with E-state index in [0.717, 1.165) is 13.0 Å². The van der Waals surface area contributed by atoms with Crippen molar-refractivity contribution in [2.75, 3.05) is 13.7 Å². The summed E-state index contributed by atoms with van der Waals surface area (Å²) >= 11 is 0. The summed E-state index contributed by atoms with van der Waals surface area (Å²) in [5, 5.41) is 12.5. The van der Waals surface area contributed by atoms with Crippen LogP contribution in [-0.2, 0) is 4.74 Å². The van der Waals surface area contributed by atoms with Crippen LogP contribution in [0.4, 0.5) is 0 Å². The predicted octanol–water partition coefficient (Wildman–Crippen LogP) is 0.770. The fourth-order valence-electron chi connectivity index (χ4n) is 0.966. The number of methoxy groups -OCH3 is 1. The number of ether oxygens (including phenoxy) is 1. The van der Waals surface area contributed by atoms with Crippen molar-refractivity contribution >= 4 is 0 Å². The van der Waals surface area contributed by atoms with E-state index < -0.39 is 0 Å². The maximum atomic E-state index is 9.20. The zero-order valence-corrected chi connectivity index (χ0v) is 8.50. The van der Waals surface area contributed by atoms with Gasteiger partial charge in [-0.3, -0.25) is 0 Å². The number of rotatable bonds is 6. The summed E-state index contributed by atoms with van der Waals surface area (Å²) in [6.45, 7) is 6.63. The van der Waals surface area contributed by atoms with Crippen LogP contribution in [0.5, 0.6) is 0 Å². The quantitative estimate of drug-likeness (QED) is 0.626. The summed E-state index contributed by atoms with van der Waals surface area (Å²) in [6.07, 6.45) is 0.683. The van der Waals surface area contributed by atoms with Crippen molar-refractivity contribution in [3.63, 3.8) is 0 Å². The second kappa shape index (κ2) is 6.40. The zero-order chi connectivity index (χ0) is 9.56. The Hall–Kier alpha value is -0.120. The Morgan fingerprint density at radius 3 is 2.33 bits per heavy atom. The fourth-order valence-corrected chi connectivity index (χ4v) is 0.966. The molecule has 0 rings (SSSR count). The molecule has 0 aliphatic heterocycles. The van der Waals surface area contributed by atoms with Crippen LogP contribution in [0, 0.1) is 0 Å². The maximum Gasteiger partial charge on any atom is 0.0662 e. The van der Waals surface area contributed by atoms with E-state index >= 15 is 0 Å². The lowest BCUT2D eigenvalue weighted by molar-refractivity contribution is 0.137. The average molecular weight is 175 g/mol. The van der Waals surface area contributed by atoms with Gasteiger partial charge in [-0.1, -0.05) is 0 Å². The standard InChI is InChI=1S/C9H21NO2/c1-7(5-6-12-4)10-8(2)9(3)11/h7-11H,5-6H2,1-4H3. The summed E-state index contributed by atoms with van der Waals surface area (Å²) in [6, 6.07) is 0.548. The van der Waals surface area contributed by atoms with Crippen LogP contribution < -0.4 is 5.32 Å². The molecule has 3 unspecified atom stereocenters. The van der Waals surface area contributed by atoms with Gasteiger partial charge in [0, 0.05) is 25.8 Å². The predicted molar refractivity (Wildman–Crippen MR) is 50.2 cm³/mol. The Bertz CT molecular complexity index is 107. The summed E-state index contributed by atoms with van der Waals surface area (Å²) in [7, 11) is 1.70. The van der Waals surface area contributed by atoms with Gasteiger partial charge in [0.15, 0.2) is 0 Å². The highest BCUT2D eigenvalue weighted by molar-refractivity contribution is 4.71. The monoisotopic (exact) mass is 175 g/mol. The molecule has 0 fully saturated rings. The molecular weight excluding hydrogens is 154 g/mol. The number of aliphatic hydroxyl groups excluding tert-OH is 1. The van der Waals surface area contributed by atoms with Crippen LogP contribution in [0.1, 0.15) is 27.2 Å². The van der Waals surface area contributed by atoms with Crippen LogP contribution in [0.25, 0.3) is 0 Å². The first-order chi connectivity index (χ1) is 5.57. The lowest BCUT2D eigenvalue weighted by Crippen LogP contribution is -2.41. The van der Waals surface area contributed by atoms with Gasteiger partial charge in [-0.25, -0.2) is 0 Å². The summed E-state index contributed by atoms with van der Waals surface area (Å²) in [4.78, 5) is 0. The zero-order valence-electron chi connectivity index (χ0n) is 8.50. The highest BCUT2D eigenvalue weighted by Gasteiger charge is 2.10.